The normalized spacial score (nSPS) is 9.73. The van der Waals surface area contributed by atoms with Crippen LogP contribution in [-0.2, 0) is 0 Å². The van der Waals surface area contributed by atoms with Crippen LogP contribution in [0.25, 0.3) is 0 Å². The van der Waals surface area contributed by atoms with E-state index in [0.29, 0.717) is 4.47 Å². The molecule has 0 fully saturated rings. The Morgan fingerprint density at radius 2 is 2.18 bits per heavy atom. The van der Waals surface area contributed by atoms with Gasteiger partial charge < -0.3 is 9.84 Å². The van der Waals surface area contributed by atoms with E-state index in [2.05, 4.69) is 15.9 Å². The highest BCUT2D eigenvalue weighted by molar-refractivity contribution is 9.10. The molecule has 0 amide bonds. The minimum atomic E-state index is -0.504. The summed E-state index contributed by atoms with van der Waals surface area (Å²) in [4.78, 5) is 0. The maximum Gasteiger partial charge on any atom is 0.174 e. The van der Waals surface area contributed by atoms with Crippen molar-refractivity contribution in [3.63, 3.8) is 0 Å². The fraction of sp³-hybridized carbons (Fsp3) is 0.143. The molecule has 2 nitrogen and oxygen atoms in total. The van der Waals surface area contributed by atoms with E-state index in [1.807, 2.05) is 0 Å². The second-order valence-electron chi connectivity index (χ2n) is 1.94. The summed E-state index contributed by atoms with van der Waals surface area (Å²) in [6.45, 7) is 0. The first-order chi connectivity index (χ1) is 5.15. The quantitative estimate of drug-likeness (QED) is 0.788. The van der Waals surface area contributed by atoms with Crippen molar-refractivity contribution in [3.05, 3.63) is 22.4 Å². The molecule has 1 aromatic carbocycles. The van der Waals surface area contributed by atoms with E-state index in [1.165, 1.54) is 13.2 Å². The first-order valence-corrected chi connectivity index (χ1v) is 3.66. The third-order valence-electron chi connectivity index (χ3n) is 1.19. The Hall–Kier alpha value is -0.770. The van der Waals surface area contributed by atoms with Crippen molar-refractivity contribution in [1.29, 1.82) is 0 Å². The number of hydrogen-bond donors (Lipinski definition) is 1. The highest BCUT2D eigenvalue weighted by Crippen LogP contribution is 2.34. The lowest BCUT2D eigenvalue weighted by atomic mass is 10.3. The van der Waals surface area contributed by atoms with Crippen molar-refractivity contribution in [2.45, 2.75) is 0 Å². The van der Waals surface area contributed by atoms with Gasteiger partial charge >= 0.3 is 0 Å². The minimum Gasteiger partial charge on any atom is -0.504 e. The van der Waals surface area contributed by atoms with Crippen LogP contribution in [-0.4, -0.2) is 12.2 Å². The zero-order chi connectivity index (χ0) is 8.43. The van der Waals surface area contributed by atoms with Gasteiger partial charge in [-0.05, 0) is 22.0 Å². The highest BCUT2D eigenvalue weighted by Gasteiger charge is 2.07. The summed E-state index contributed by atoms with van der Waals surface area (Å²) in [6.07, 6.45) is 0. The van der Waals surface area contributed by atoms with Gasteiger partial charge in [0.25, 0.3) is 0 Å². The standard InChI is InChI=1S/C7H6BrFO2/c1-11-7-5(8)2-4(9)3-6(7)10/h2-3,10H,1H3. The van der Waals surface area contributed by atoms with Crippen molar-refractivity contribution in [3.8, 4) is 11.5 Å². The van der Waals surface area contributed by atoms with Crippen LogP contribution in [0, 0.1) is 5.82 Å². The Morgan fingerprint density at radius 1 is 1.55 bits per heavy atom. The molecule has 0 atom stereocenters. The van der Waals surface area contributed by atoms with Crippen LogP contribution < -0.4 is 4.74 Å². The molecule has 11 heavy (non-hydrogen) atoms. The molecule has 1 rings (SSSR count). The molecule has 0 bridgehead atoms. The van der Waals surface area contributed by atoms with Crippen LogP contribution >= 0.6 is 15.9 Å². The Labute approximate surface area is 71.7 Å². The number of phenols is 1. The van der Waals surface area contributed by atoms with Crippen LogP contribution in [0.5, 0.6) is 11.5 Å². The number of rotatable bonds is 1. The Bertz CT molecular complexity index is 252. The lowest BCUT2D eigenvalue weighted by molar-refractivity contribution is 0.368. The fourth-order valence-electron chi connectivity index (χ4n) is 0.749. The van der Waals surface area contributed by atoms with Gasteiger partial charge in [-0.2, -0.15) is 0 Å². The summed E-state index contributed by atoms with van der Waals surface area (Å²) in [5.74, 6) is -0.471. The average molecular weight is 221 g/mol. The van der Waals surface area contributed by atoms with E-state index in [0.717, 1.165) is 6.07 Å². The molecule has 0 saturated heterocycles. The van der Waals surface area contributed by atoms with E-state index in [1.54, 1.807) is 0 Å². The Kier molecular flexibility index (Phi) is 2.34. The number of ether oxygens (including phenoxy) is 1. The molecule has 0 aliphatic carbocycles. The number of halogens is 2. The molecule has 60 valence electrons. The van der Waals surface area contributed by atoms with Gasteiger partial charge in [0.05, 0.1) is 11.6 Å². The summed E-state index contributed by atoms with van der Waals surface area (Å²) in [7, 11) is 1.40. The molecule has 0 radical (unpaired) electrons. The molecule has 0 heterocycles. The van der Waals surface area contributed by atoms with Gasteiger partial charge in [-0.15, -0.1) is 0 Å². The van der Waals surface area contributed by atoms with Crippen LogP contribution in [0.15, 0.2) is 16.6 Å². The largest absolute Gasteiger partial charge is 0.504 e. The van der Waals surface area contributed by atoms with E-state index < -0.39 is 5.82 Å². The minimum absolute atomic E-state index is 0.209. The SMILES string of the molecule is COc1c(O)cc(F)cc1Br. The van der Waals surface area contributed by atoms with E-state index >= 15 is 0 Å². The number of benzene rings is 1. The van der Waals surface area contributed by atoms with Gasteiger partial charge in [0, 0.05) is 6.07 Å². The predicted octanol–water partition coefficient (Wildman–Crippen LogP) is 2.30. The summed E-state index contributed by atoms with van der Waals surface area (Å²) < 4.78 is 17.7. The van der Waals surface area contributed by atoms with Gasteiger partial charge in [0.15, 0.2) is 11.5 Å². The van der Waals surface area contributed by atoms with Crippen LogP contribution in [0.3, 0.4) is 0 Å². The molecular weight excluding hydrogens is 215 g/mol. The van der Waals surface area contributed by atoms with Gasteiger partial charge in [-0.1, -0.05) is 0 Å². The smallest absolute Gasteiger partial charge is 0.174 e. The fourth-order valence-corrected chi connectivity index (χ4v) is 1.33. The van der Waals surface area contributed by atoms with Crippen LogP contribution in [0.4, 0.5) is 4.39 Å². The average Bonchev–Trinajstić information content (AvgIpc) is 1.85. The summed E-state index contributed by atoms with van der Waals surface area (Å²) in [6, 6.07) is 2.21. The first-order valence-electron chi connectivity index (χ1n) is 2.87. The van der Waals surface area contributed by atoms with Crippen LogP contribution in [0.1, 0.15) is 0 Å². The number of methoxy groups -OCH3 is 1. The Balaban J connectivity index is 3.25. The number of aromatic hydroxyl groups is 1. The third kappa shape index (κ3) is 1.63. The highest BCUT2D eigenvalue weighted by atomic mass is 79.9. The van der Waals surface area contributed by atoms with E-state index in [-0.39, 0.29) is 11.5 Å². The molecule has 0 unspecified atom stereocenters. The topological polar surface area (TPSA) is 29.5 Å². The van der Waals surface area contributed by atoms with Crippen molar-refractivity contribution in [2.24, 2.45) is 0 Å². The van der Waals surface area contributed by atoms with Gasteiger partial charge in [0.1, 0.15) is 5.82 Å². The first kappa shape index (κ1) is 8.33. The summed E-state index contributed by atoms with van der Waals surface area (Å²) >= 11 is 3.03. The molecule has 0 spiro atoms. The lowest BCUT2D eigenvalue weighted by Gasteiger charge is -2.04. The maximum absolute atomic E-state index is 12.5. The number of phenolic OH excluding ortho intramolecular Hbond substituents is 1. The van der Waals surface area contributed by atoms with Gasteiger partial charge in [-0.25, -0.2) is 4.39 Å². The Morgan fingerprint density at radius 3 is 2.64 bits per heavy atom. The molecule has 4 heteroatoms. The second kappa shape index (κ2) is 3.09. The van der Waals surface area contributed by atoms with Crippen molar-refractivity contribution in [2.75, 3.05) is 7.11 Å². The molecule has 0 aliphatic heterocycles. The zero-order valence-corrected chi connectivity index (χ0v) is 7.35. The molecule has 1 N–H and O–H groups in total. The lowest BCUT2D eigenvalue weighted by Crippen LogP contribution is -1.86. The zero-order valence-electron chi connectivity index (χ0n) is 5.77. The predicted molar refractivity (Wildman–Crippen MR) is 42.3 cm³/mol. The maximum atomic E-state index is 12.5. The summed E-state index contributed by atoms with van der Waals surface area (Å²) in [5, 5.41) is 9.08. The molecule has 0 aliphatic rings. The van der Waals surface area contributed by atoms with Gasteiger partial charge in [-0.3, -0.25) is 0 Å². The van der Waals surface area contributed by atoms with Crippen molar-refractivity contribution < 1.29 is 14.2 Å². The molecule has 0 saturated carbocycles. The van der Waals surface area contributed by atoms with Crippen molar-refractivity contribution >= 4 is 15.9 Å². The van der Waals surface area contributed by atoms with Gasteiger partial charge in [0.2, 0.25) is 0 Å². The molecular formula is C7H6BrFO2. The monoisotopic (exact) mass is 220 g/mol. The third-order valence-corrected chi connectivity index (χ3v) is 1.78. The van der Waals surface area contributed by atoms with E-state index in [9.17, 15) is 4.39 Å². The molecule has 1 aromatic rings. The van der Waals surface area contributed by atoms with Crippen molar-refractivity contribution in [1.82, 2.24) is 0 Å². The van der Waals surface area contributed by atoms with Crippen LogP contribution in [0.2, 0.25) is 0 Å². The van der Waals surface area contributed by atoms with E-state index in [4.69, 9.17) is 9.84 Å². The molecule has 0 aromatic heterocycles. The number of hydrogen-bond acceptors (Lipinski definition) is 2. The second-order valence-corrected chi connectivity index (χ2v) is 2.79. The summed E-state index contributed by atoms with van der Waals surface area (Å²) in [5.41, 5.74) is 0.